The highest BCUT2D eigenvalue weighted by molar-refractivity contribution is 5.93. The normalized spacial score (nSPS) is 14.6. The second-order valence-corrected chi connectivity index (χ2v) is 7.45. The summed E-state index contributed by atoms with van der Waals surface area (Å²) in [5.41, 5.74) is 2.21. The van der Waals surface area contributed by atoms with Crippen LogP contribution in [0.2, 0.25) is 0 Å². The Morgan fingerprint density at radius 3 is 2.37 bits per heavy atom. The third kappa shape index (κ3) is 5.89. The summed E-state index contributed by atoms with van der Waals surface area (Å²) in [7, 11) is 3.37. The van der Waals surface area contributed by atoms with Crippen molar-refractivity contribution in [2.75, 3.05) is 38.8 Å². The van der Waals surface area contributed by atoms with Crippen molar-refractivity contribution in [2.24, 2.45) is 0 Å². The van der Waals surface area contributed by atoms with Crippen molar-refractivity contribution in [2.45, 2.75) is 38.6 Å². The van der Waals surface area contributed by atoms with Crippen LogP contribution in [0.4, 0.5) is 5.69 Å². The number of carbonyl (C=O) groups is 1. The molecule has 30 heavy (non-hydrogen) atoms. The number of nitrogens with zero attached hydrogens (tertiary/aromatic N) is 2. The first-order valence-corrected chi connectivity index (χ1v) is 10.5. The van der Waals surface area contributed by atoms with Gasteiger partial charge in [0.25, 0.3) is 0 Å². The van der Waals surface area contributed by atoms with Crippen molar-refractivity contribution < 1.29 is 14.3 Å². The van der Waals surface area contributed by atoms with E-state index in [1.807, 2.05) is 54.3 Å². The molecule has 0 unspecified atom stereocenters. The monoisotopic (exact) mass is 432 g/mol. The first-order valence-electron chi connectivity index (χ1n) is 10.5. The molecule has 0 saturated carbocycles. The topological polar surface area (TPSA) is 42.0 Å². The Morgan fingerprint density at radius 1 is 1.07 bits per heavy atom. The second-order valence-electron chi connectivity index (χ2n) is 7.45. The lowest BCUT2D eigenvalue weighted by molar-refractivity contribution is -0.119. The molecular formula is C24H33ClN2O3. The Labute approximate surface area is 186 Å². The number of carbonyl (C=O) groups excluding carboxylic acids is 1. The Balaban J connectivity index is 0.00000320. The Kier molecular flexibility index (Phi) is 9.47. The van der Waals surface area contributed by atoms with E-state index in [1.165, 1.54) is 5.56 Å². The van der Waals surface area contributed by atoms with Gasteiger partial charge in [-0.1, -0.05) is 31.2 Å². The zero-order valence-corrected chi connectivity index (χ0v) is 19.0. The average molecular weight is 433 g/mol. The van der Waals surface area contributed by atoms with Crippen LogP contribution in [-0.2, 0) is 11.2 Å². The Morgan fingerprint density at radius 2 is 1.77 bits per heavy atom. The van der Waals surface area contributed by atoms with Gasteiger partial charge in [-0.05, 0) is 43.0 Å². The fourth-order valence-electron chi connectivity index (χ4n) is 4.06. The minimum Gasteiger partial charge on any atom is -0.497 e. The highest BCUT2D eigenvalue weighted by Gasteiger charge is 2.28. The summed E-state index contributed by atoms with van der Waals surface area (Å²) < 4.78 is 10.8. The zero-order valence-electron chi connectivity index (χ0n) is 18.2. The number of amides is 1. The molecule has 3 rings (SSSR count). The highest BCUT2D eigenvalue weighted by atomic mass is 35.5. The smallest absolute Gasteiger partial charge is 0.226 e. The fraction of sp³-hybridized carbons (Fsp3) is 0.458. The van der Waals surface area contributed by atoms with E-state index in [2.05, 4.69) is 11.0 Å². The van der Waals surface area contributed by atoms with Gasteiger partial charge in [-0.3, -0.25) is 4.79 Å². The van der Waals surface area contributed by atoms with E-state index in [0.717, 1.165) is 56.1 Å². The molecule has 1 aliphatic heterocycles. The van der Waals surface area contributed by atoms with Crippen molar-refractivity contribution in [1.29, 1.82) is 0 Å². The third-order valence-electron chi connectivity index (χ3n) is 5.72. The SMILES string of the molecule is CCC(=O)N(c1ccccc1)C1CCN(CCc2ccc(OC)cc2OC)CC1.Cl. The van der Waals surface area contributed by atoms with Gasteiger partial charge in [0.2, 0.25) is 5.91 Å². The maximum atomic E-state index is 12.6. The number of piperidine rings is 1. The molecule has 1 fully saturated rings. The predicted octanol–water partition coefficient (Wildman–Crippen LogP) is 4.58. The van der Waals surface area contributed by atoms with E-state index in [1.54, 1.807) is 14.2 Å². The molecule has 1 aliphatic rings. The molecule has 1 amide bonds. The summed E-state index contributed by atoms with van der Waals surface area (Å²) >= 11 is 0. The number of anilines is 1. The van der Waals surface area contributed by atoms with E-state index in [9.17, 15) is 4.79 Å². The Hall–Kier alpha value is -2.24. The fourth-order valence-corrected chi connectivity index (χ4v) is 4.06. The van der Waals surface area contributed by atoms with E-state index >= 15 is 0 Å². The average Bonchev–Trinajstić information content (AvgIpc) is 2.79. The molecule has 0 aromatic heterocycles. The van der Waals surface area contributed by atoms with Crippen molar-refractivity contribution in [1.82, 2.24) is 4.90 Å². The third-order valence-corrected chi connectivity index (χ3v) is 5.72. The molecular weight excluding hydrogens is 400 g/mol. The van der Waals surface area contributed by atoms with Gasteiger partial charge in [0.15, 0.2) is 0 Å². The molecule has 0 bridgehead atoms. The minimum atomic E-state index is 0. The lowest BCUT2D eigenvalue weighted by Crippen LogP contribution is -2.47. The van der Waals surface area contributed by atoms with Crippen molar-refractivity contribution in [3.05, 3.63) is 54.1 Å². The predicted molar refractivity (Wildman–Crippen MR) is 124 cm³/mol. The van der Waals surface area contributed by atoms with Gasteiger partial charge in [0.1, 0.15) is 11.5 Å². The van der Waals surface area contributed by atoms with Crippen LogP contribution in [0.3, 0.4) is 0 Å². The first-order chi connectivity index (χ1) is 14.2. The molecule has 5 nitrogen and oxygen atoms in total. The molecule has 2 aromatic carbocycles. The molecule has 164 valence electrons. The Bertz CT molecular complexity index is 792. The zero-order chi connectivity index (χ0) is 20.6. The number of hydrogen-bond donors (Lipinski definition) is 0. The summed E-state index contributed by atoms with van der Waals surface area (Å²) in [5, 5.41) is 0. The highest BCUT2D eigenvalue weighted by Crippen LogP contribution is 2.27. The summed E-state index contributed by atoms with van der Waals surface area (Å²) in [5.74, 6) is 1.90. The number of para-hydroxylation sites is 1. The van der Waals surface area contributed by atoms with E-state index in [0.29, 0.717) is 6.42 Å². The van der Waals surface area contributed by atoms with Crippen LogP contribution in [0.5, 0.6) is 11.5 Å². The van der Waals surface area contributed by atoms with E-state index in [4.69, 9.17) is 9.47 Å². The molecule has 0 radical (unpaired) electrons. The summed E-state index contributed by atoms with van der Waals surface area (Å²) in [6, 6.07) is 16.4. The quantitative estimate of drug-likeness (QED) is 0.612. The van der Waals surface area contributed by atoms with Gasteiger partial charge in [-0.2, -0.15) is 0 Å². The van der Waals surface area contributed by atoms with Crippen molar-refractivity contribution in [3.8, 4) is 11.5 Å². The van der Waals surface area contributed by atoms with E-state index in [-0.39, 0.29) is 24.4 Å². The van der Waals surface area contributed by atoms with Crippen molar-refractivity contribution >= 4 is 24.0 Å². The number of methoxy groups -OCH3 is 2. The van der Waals surface area contributed by atoms with Gasteiger partial charge in [-0.25, -0.2) is 0 Å². The lowest BCUT2D eigenvalue weighted by atomic mass is 10.0. The van der Waals surface area contributed by atoms with Crippen LogP contribution in [0.1, 0.15) is 31.7 Å². The summed E-state index contributed by atoms with van der Waals surface area (Å²) in [6.07, 6.45) is 3.47. The summed E-state index contributed by atoms with van der Waals surface area (Å²) in [6.45, 7) is 4.94. The second kappa shape index (κ2) is 11.8. The van der Waals surface area contributed by atoms with Crippen LogP contribution in [0.25, 0.3) is 0 Å². The van der Waals surface area contributed by atoms with Gasteiger partial charge in [0, 0.05) is 43.9 Å². The van der Waals surface area contributed by atoms with Gasteiger partial charge in [0.05, 0.1) is 14.2 Å². The molecule has 0 N–H and O–H groups in total. The standard InChI is InChI=1S/C24H32N2O3.ClH/c1-4-24(27)26(20-8-6-5-7-9-20)21-13-16-25(17-14-21)15-12-19-10-11-22(28-2)18-23(19)29-3;/h5-11,18,21H,4,12-17H2,1-3H3;1H. The lowest BCUT2D eigenvalue weighted by Gasteiger charge is -2.38. The largest absolute Gasteiger partial charge is 0.497 e. The van der Waals surface area contributed by atoms with Crippen LogP contribution in [0.15, 0.2) is 48.5 Å². The van der Waals surface area contributed by atoms with Gasteiger partial charge >= 0.3 is 0 Å². The molecule has 6 heteroatoms. The maximum Gasteiger partial charge on any atom is 0.226 e. The maximum absolute atomic E-state index is 12.6. The number of hydrogen-bond acceptors (Lipinski definition) is 4. The number of rotatable bonds is 8. The van der Waals surface area contributed by atoms with Crippen LogP contribution in [0, 0.1) is 0 Å². The number of likely N-dealkylation sites (tertiary alicyclic amines) is 1. The van der Waals surface area contributed by atoms with Crippen LogP contribution in [-0.4, -0.2) is 50.7 Å². The van der Waals surface area contributed by atoms with Gasteiger partial charge < -0.3 is 19.3 Å². The molecule has 1 saturated heterocycles. The van der Waals surface area contributed by atoms with E-state index < -0.39 is 0 Å². The molecule has 0 atom stereocenters. The number of ether oxygens (including phenoxy) is 2. The molecule has 0 aliphatic carbocycles. The molecule has 2 aromatic rings. The first kappa shape index (κ1) is 24.0. The minimum absolute atomic E-state index is 0. The molecule has 0 spiro atoms. The number of halogens is 1. The van der Waals surface area contributed by atoms with Crippen molar-refractivity contribution in [3.63, 3.8) is 0 Å². The summed E-state index contributed by atoms with van der Waals surface area (Å²) in [4.78, 5) is 17.1. The van der Waals surface area contributed by atoms with Gasteiger partial charge in [-0.15, -0.1) is 12.4 Å². The van der Waals surface area contributed by atoms with Crippen LogP contribution >= 0.6 is 12.4 Å². The van der Waals surface area contributed by atoms with Crippen LogP contribution < -0.4 is 14.4 Å². The molecule has 1 heterocycles. The number of benzene rings is 2.